The first kappa shape index (κ1) is 66.0. The Kier molecular flexibility index (Phi) is 492. The number of halogens is 4. The molecule has 45 valence electrons. The molecule has 6 heavy (non-hydrogen) atoms. The summed E-state index contributed by atoms with van der Waals surface area (Å²) in [6.07, 6.45) is 0. The van der Waals surface area contributed by atoms with Crippen LogP contribution in [0.3, 0.4) is 0 Å². The molecule has 0 nitrogen and oxygen atoms in total. The fraction of sp³-hybridized carbons (Fsp3) is 0. The van der Waals surface area contributed by atoms with Gasteiger partial charge in [-0.05, 0) is 0 Å². The van der Waals surface area contributed by atoms with E-state index in [2.05, 4.69) is 0 Å². The van der Waals surface area contributed by atoms with E-state index in [9.17, 15) is 0 Å². The van der Waals surface area contributed by atoms with Gasteiger partial charge in [0, 0.05) is 22.4 Å². The molecule has 0 aromatic carbocycles. The summed E-state index contributed by atoms with van der Waals surface area (Å²) in [4.78, 5) is 0. The van der Waals surface area contributed by atoms with Crippen LogP contribution in [0.25, 0.3) is 0 Å². The molecular formula is H5AuCl4Na. The zero-order valence-electron chi connectivity index (χ0n) is 1.93. The Bertz CT molecular complexity index is 7.51. The summed E-state index contributed by atoms with van der Waals surface area (Å²) in [5, 5.41) is 0. The molecule has 0 rings (SSSR count). The maximum absolute atomic E-state index is 0. The standard InChI is InChI=1S/Au.4ClH.Na.H/h;4*1H;;. The minimum absolute atomic E-state index is 0. The molecule has 0 saturated heterocycles. The second-order valence-electron chi connectivity index (χ2n) is 0. The summed E-state index contributed by atoms with van der Waals surface area (Å²) >= 11 is 0. The van der Waals surface area contributed by atoms with Crippen molar-refractivity contribution in [3.8, 4) is 0 Å². The van der Waals surface area contributed by atoms with E-state index < -0.39 is 0 Å². The Balaban J connectivity index is 0. The summed E-state index contributed by atoms with van der Waals surface area (Å²) in [7, 11) is 0. The van der Waals surface area contributed by atoms with Gasteiger partial charge in [-0.15, -0.1) is 49.6 Å². The molecule has 0 saturated carbocycles. The van der Waals surface area contributed by atoms with E-state index in [0.29, 0.717) is 0 Å². The summed E-state index contributed by atoms with van der Waals surface area (Å²) < 4.78 is 0. The molecule has 0 spiro atoms. The predicted octanol–water partition coefficient (Wildman–Crippen LogP) is 1.04. The van der Waals surface area contributed by atoms with E-state index in [1.54, 1.807) is 0 Å². The van der Waals surface area contributed by atoms with Crippen LogP contribution in [0.2, 0.25) is 0 Å². The Morgan fingerprint density at radius 2 is 0.500 bits per heavy atom. The molecular weight excluding hydrogens is 362 g/mol. The van der Waals surface area contributed by atoms with Crippen molar-refractivity contribution in [3.05, 3.63) is 0 Å². The molecule has 0 amide bonds. The van der Waals surface area contributed by atoms with Gasteiger partial charge in [0.15, 0.2) is 0 Å². The van der Waals surface area contributed by atoms with Gasteiger partial charge in [0.2, 0.25) is 0 Å². The van der Waals surface area contributed by atoms with E-state index >= 15 is 0 Å². The molecule has 0 aliphatic heterocycles. The summed E-state index contributed by atoms with van der Waals surface area (Å²) in [5.74, 6) is 0. The molecule has 0 N–H and O–H groups in total. The first-order chi connectivity index (χ1) is 0. The van der Waals surface area contributed by atoms with Crippen LogP contribution in [0.15, 0.2) is 0 Å². The van der Waals surface area contributed by atoms with Crippen LogP contribution in [0.5, 0.6) is 0 Å². The van der Waals surface area contributed by atoms with Crippen LogP contribution >= 0.6 is 49.6 Å². The van der Waals surface area contributed by atoms with Gasteiger partial charge in [-0.2, -0.15) is 0 Å². The summed E-state index contributed by atoms with van der Waals surface area (Å²) in [6.45, 7) is 0. The zero-order chi connectivity index (χ0) is 0. The van der Waals surface area contributed by atoms with Crippen LogP contribution in [0.1, 0.15) is 0 Å². The third-order valence-electron chi connectivity index (χ3n) is 0. The maximum atomic E-state index is 0. The van der Waals surface area contributed by atoms with Crippen LogP contribution in [-0.2, 0) is 22.4 Å². The van der Waals surface area contributed by atoms with Crippen molar-refractivity contribution in [1.29, 1.82) is 0 Å². The molecule has 0 aliphatic rings. The number of hydrogen-bond acceptors (Lipinski definition) is 0. The summed E-state index contributed by atoms with van der Waals surface area (Å²) in [5.41, 5.74) is 0. The third kappa shape index (κ3) is 28.6. The van der Waals surface area contributed by atoms with E-state index in [1.807, 2.05) is 0 Å². The van der Waals surface area contributed by atoms with E-state index in [1.165, 1.54) is 0 Å². The quantitative estimate of drug-likeness (QED) is 0.562. The van der Waals surface area contributed by atoms with Crippen molar-refractivity contribution in [2.75, 3.05) is 0 Å². The van der Waals surface area contributed by atoms with Gasteiger partial charge in [-0.1, -0.05) is 0 Å². The van der Waals surface area contributed by atoms with Crippen LogP contribution < -0.4 is 0 Å². The van der Waals surface area contributed by atoms with E-state index in [-0.39, 0.29) is 102 Å². The van der Waals surface area contributed by atoms with Gasteiger partial charge in [-0.3, -0.25) is 0 Å². The van der Waals surface area contributed by atoms with Crippen molar-refractivity contribution in [2.45, 2.75) is 0 Å². The minimum atomic E-state index is 0. The molecule has 0 aliphatic carbocycles. The SMILES string of the molecule is Cl.Cl.Cl.Cl.[Au].[NaH]. The molecule has 6 heteroatoms. The Morgan fingerprint density at radius 1 is 0.500 bits per heavy atom. The number of rotatable bonds is 0. The Labute approximate surface area is 100 Å². The second-order valence-corrected chi connectivity index (χ2v) is 0. The van der Waals surface area contributed by atoms with Gasteiger partial charge in [-0.25, -0.2) is 0 Å². The van der Waals surface area contributed by atoms with Crippen LogP contribution in [0, 0.1) is 0 Å². The van der Waals surface area contributed by atoms with Crippen LogP contribution in [0.4, 0.5) is 0 Å². The molecule has 0 aromatic heterocycles. The monoisotopic (exact) mass is 365 g/mol. The predicted molar refractivity (Wildman–Crippen MR) is 36.1 cm³/mol. The fourth-order valence-electron chi connectivity index (χ4n) is 0. The molecule has 0 bridgehead atoms. The third-order valence-corrected chi connectivity index (χ3v) is 0. The average Bonchev–Trinajstić information content (AvgIpc) is 0. The van der Waals surface area contributed by atoms with Crippen LogP contribution in [-0.4, -0.2) is 29.6 Å². The van der Waals surface area contributed by atoms with Crippen molar-refractivity contribution in [3.63, 3.8) is 0 Å². The van der Waals surface area contributed by atoms with Gasteiger partial charge in [0.25, 0.3) is 0 Å². The molecule has 0 unspecified atom stereocenters. The number of hydrogen-bond donors (Lipinski definition) is 0. The van der Waals surface area contributed by atoms with E-state index in [4.69, 9.17) is 0 Å². The normalized spacial score (nSPS) is 0. The van der Waals surface area contributed by atoms with Crippen molar-refractivity contribution >= 4 is 79.2 Å². The van der Waals surface area contributed by atoms with Gasteiger partial charge in [0.1, 0.15) is 0 Å². The van der Waals surface area contributed by atoms with E-state index in [0.717, 1.165) is 0 Å². The Morgan fingerprint density at radius 3 is 0.500 bits per heavy atom. The van der Waals surface area contributed by atoms with Crippen molar-refractivity contribution in [1.82, 2.24) is 0 Å². The average molecular weight is 367 g/mol. The second kappa shape index (κ2) is 44.7. The van der Waals surface area contributed by atoms with Crippen molar-refractivity contribution < 1.29 is 22.4 Å². The molecule has 0 aromatic rings. The molecule has 1 radical (unpaired) electrons. The van der Waals surface area contributed by atoms with Gasteiger partial charge < -0.3 is 0 Å². The zero-order valence-corrected chi connectivity index (χ0v) is 7.37. The first-order valence-electron chi connectivity index (χ1n) is 0. The van der Waals surface area contributed by atoms with Gasteiger partial charge in [0.05, 0.1) is 0 Å². The topological polar surface area (TPSA) is 0 Å². The molecule has 0 atom stereocenters. The molecule has 0 fully saturated rings. The first-order valence-corrected chi connectivity index (χ1v) is 0. The fourth-order valence-corrected chi connectivity index (χ4v) is 0. The Hall–Kier alpha value is 2.90. The summed E-state index contributed by atoms with van der Waals surface area (Å²) in [6, 6.07) is 0. The molecule has 0 heterocycles. The van der Waals surface area contributed by atoms with Gasteiger partial charge >= 0.3 is 29.6 Å². The van der Waals surface area contributed by atoms with Crippen molar-refractivity contribution in [2.24, 2.45) is 0 Å².